The molecule has 0 aliphatic carbocycles. The molecule has 0 saturated carbocycles. The molecule has 0 atom stereocenters. The van der Waals surface area contributed by atoms with Gasteiger partial charge in [-0.25, -0.2) is 0 Å². The molecule has 4 rings (SSSR count). The largest absolute Gasteiger partial charge is 0.482 e. The van der Waals surface area contributed by atoms with Crippen molar-refractivity contribution in [2.24, 2.45) is 0 Å². The van der Waals surface area contributed by atoms with E-state index in [1.165, 1.54) is 6.07 Å². The van der Waals surface area contributed by atoms with Crippen LogP contribution < -0.4 is 20.7 Å². The monoisotopic (exact) mass is 527 g/mol. The molecule has 0 spiro atoms. The minimum Gasteiger partial charge on any atom is -0.482 e. The van der Waals surface area contributed by atoms with E-state index >= 15 is 0 Å². The molecule has 10 heteroatoms. The second kappa shape index (κ2) is 10.8. The van der Waals surface area contributed by atoms with E-state index in [1.54, 1.807) is 42.5 Å². The third-order valence-corrected chi connectivity index (χ3v) is 5.62. The molecule has 0 radical (unpaired) electrons. The molecule has 3 aromatic carbocycles. The maximum atomic E-state index is 12.6. The SMILES string of the molecule is Cc1cc(NC(=S)NC(=O)COc2ccc(Cl)cc2Cl)ccc1NC(=O)c1cc2ccccc2o1. The Kier molecular flexibility index (Phi) is 7.55. The molecule has 1 aromatic heterocycles. The summed E-state index contributed by atoms with van der Waals surface area (Å²) in [6.07, 6.45) is 0. The third kappa shape index (κ3) is 6.30. The number of benzene rings is 3. The van der Waals surface area contributed by atoms with Gasteiger partial charge in [0.15, 0.2) is 17.5 Å². The Bertz CT molecular complexity index is 1400. The topological polar surface area (TPSA) is 92.6 Å². The van der Waals surface area contributed by atoms with Crippen molar-refractivity contribution in [1.29, 1.82) is 0 Å². The van der Waals surface area contributed by atoms with E-state index in [0.29, 0.717) is 32.8 Å². The van der Waals surface area contributed by atoms with Gasteiger partial charge in [0.1, 0.15) is 11.3 Å². The molecule has 35 heavy (non-hydrogen) atoms. The molecular formula is C25H19Cl2N3O4S. The smallest absolute Gasteiger partial charge is 0.291 e. The molecule has 0 fully saturated rings. The minimum absolute atomic E-state index is 0.0965. The van der Waals surface area contributed by atoms with Crippen molar-refractivity contribution in [2.45, 2.75) is 6.92 Å². The first-order chi connectivity index (χ1) is 16.8. The van der Waals surface area contributed by atoms with Crippen LogP contribution in [0.4, 0.5) is 11.4 Å². The van der Waals surface area contributed by atoms with Crippen LogP contribution in [0.2, 0.25) is 10.0 Å². The van der Waals surface area contributed by atoms with Crippen LogP contribution in [-0.2, 0) is 4.79 Å². The van der Waals surface area contributed by atoms with E-state index in [1.807, 2.05) is 25.1 Å². The number of hydrogen-bond donors (Lipinski definition) is 3. The Morgan fingerprint density at radius 3 is 2.54 bits per heavy atom. The van der Waals surface area contributed by atoms with Crippen molar-refractivity contribution in [2.75, 3.05) is 17.2 Å². The number of thiocarbonyl (C=S) groups is 1. The number of anilines is 2. The molecule has 2 amide bonds. The average molecular weight is 528 g/mol. The molecule has 4 aromatic rings. The quantitative estimate of drug-likeness (QED) is 0.259. The lowest BCUT2D eigenvalue weighted by molar-refractivity contribution is -0.121. The Morgan fingerprint density at radius 2 is 1.80 bits per heavy atom. The van der Waals surface area contributed by atoms with Gasteiger partial charge < -0.3 is 19.8 Å². The highest BCUT2D eigenvalue weighted by atomic mass is 35.5. The molecule has 0 aliphatic rings. The zero-order chi connectivity index (χ0) is 24.9. The second-order valence-corrected chi connectivity index (χ2v) is 8.75. The van der Waals surface area contributed by atoms with Crippen molar-refractivity contribution >= 4 is 74.7 Å². The van der Waals surface area contributed by atoms with Crippen LogP contribution in [0.15, 0.2) is 71.1 Å². The Balaban J connectivity index is 1.31. The normalized spacial score (nSPS) is 10.6. The zero-order valence-electron chi connectivity index (χ0n) is 18.4. The lowest BCUT2D eigenvalue weighted by Crippen LogP contribution is -2.37. The first kappa shape index (κ1) is 24.5. The fourth-order valence-electron chi connectivity index (χ4n) is 3.22. The summed E-state index contributed by atoms with van der Waals surface area (Å²) in [4.78, 5) is 24.8. The summed E-state index contributed by atoms with van der Waals surface area (Å²) in [6.45, 7) is 1.56. The summed E-state index contributed by atoms with van der Waals surface area (Å²) < 4.78 is 11.0. The van der Waals surface area contributed by atoms with Crippen LogP contribution >= 0.6 is 35.4 Å². The number of rotatable bonds is 6. The number of hydrogen-bond acceptors (Lipinski definition) is 5. The van der Waals surface area contributed by atoms with Crippen LogP contribution in [0, 0.1) is 6.92 Å². The maximum absolute atomic E-state index is 12.6. The number of furan rings is 1. The summed E-state index contributed by atoms with van der Waals surface area (Å²) in [7, 11) is 0. The number of nitrogens with one attached hydrogen (secondary N) is 3. The highest BCUT2D eigenvalue weighted by molar-refractivity contribution is 7.80. The minimum atomic E-state index is -0.458. The van der Waals surface area contributed by atoms with Gasteiger partial charge in [0.25, 0.3) is 11.8 Å². The van der Waals surface area contributed by atoms with Crippen molar-refractivity contribution in [3.8, 4) is 5.75 Å². The van der Waals surface area contributed by atoms with Gasteiger partial charge in [0.2, 0.25) is 0 Å². The molecular weight excluding hydrogens is 509 g/mol. The van der Waals surface area contributed by atoms with Crippen molar-refractivity contribution in [3.05, 3.63) is 88.1 Å². The Labute approximate surface area is 216 Å². The number of carbonyl (C=O) groups excluding carboxylic acids is 2. The van der Waals surface area contributed by atoms with Crippen molar-refractivity contribution in [1.82, 2.24) is 5.32 Å². The molecule has 0 unspecified atom stereocenters. The Morgan fingerprint density at radius 1 is 1.00 bits per heavy atom. The van der Waals surface area contributed by atoms with Gasteiger partial charge in [0, 0.05) is 21.8 Å². The van der Waals surface area contributed by atoms with Crippen molar-refractivity contribution in [3.63, 3.8) is 0 Å². The predicted octanol–water partition coefficient (Wildman–Crippen LogP) is 6.19. The molecule has 7 nitrogen and oxygen atoms in total. The molecule has 178 valence electrons. The predicted molar refractivity (Wildman–Crippen MR) is 142 cm³/mol. The second-order valence-electron chi connectivity index (χ2n) is 7.50. The summed E-state index contributed by atoms with van der Waals surface area (Å²) in [5, 5.41) is 10.0. The van der Waals surface area contributed by atoms with Gasteiger partial charge in [-0.3, -0.25) is 14.9 Å². The van der Waals surface area contributed by atoms with Crippen LogP contribution in [0.1, 0.15) is 16.1 Å². The van der Waals surface area contributed by atoms with Gasteiger partial charge in [-0.05, 0) is 73.2 Å². The molecule has 1 heterocycles. The van der Waals surface area contributed by atoms with Gasteiger partial charge in [0.05, 0.1) is 5.02 Å². The standard InChI is InChI=1S/C25H19Cl2N3O4S/c1-14-10-17(28-25(35)30-23(31)13-33-21-9-6-16(26)12-18(21)27)7-8-19(14)29-24(32)22-11-15-4-2-3-5-20(15)34-22/h2-12H,13H2,1H3,(H,29,32)(H2,28,30,31,35). The van der Waals surface area contributed by atoms with Gasteiger partial charge >= 0.3 is 0 Å². The molecule has 3 N–H and O–H groups in total. The number of carbonyl (C=O) groups is 2. The summed E-state index contributed by atoms with van der Waals surface area (Å²) in [6, 6.07) is 19.1. The first-order valence-corrected chi connectivity index (χ1v) is 11.5. The molecule has 0 aliphatic heterocycles. The van der Waals surface area contributed by atoms with E-state index in [2.05, 4.69) is 16.0 Å². The van der Waals surface area contributed by atoms with Gasteiger partial charge in [-0.15, -0.1) is 0 Å². The van der Waals surface area contributed by atoms with Crippen LogP contribution in [0.3, 0.4) is 0 Å². The van der Waals surface area contributed by atoms with Crippen LogP contribution in [0.5, 0.6) is 5.75 Å². The number of fused-ring (bicyclic) bond motifs is 1. The highest BCUT2D eigenvalue weighted by Gasteiger charge is 2.14. The number of aryl methyl sites for hydroxylation is 1. The average Bonchev–Trinajstić information content (AvgIpc) is 3.25. The summed E-state index contributed by atoms with van der Waals surface area (Å²) in [5.41, 5.74) is 2.68. The van der Waals surface area contributed by atoms with E-state index in [0.717, 1.165) is 10.9 Å². The highest BCUT2D eigenvalue weighted by Crippen LogP contribution is 2.27. The van der Waals surface area contributed by atoms with Crippen LogP contribution in [0.25, 0.3) is 11.0 Å². The lowest BCUT2D eigenvalue weighted by atomic mass is 10.1. The third-order valence-electron chi connectivity index (χ3n) is 4.89. The van der Waals surface area contributed by atoms with Crippen molar-refractivity contribution < 1.29 is 18.7 Å². The lowest BCUT2D eigenvalue weighted by Gasteiger charge is -2.13. The van der Waals surface area contributed by atoms with Gasteiger partial charge in [-0.2, -0.15) is 0 Å². The van der Waals surface area contributed by atoms with Gasteiger partial charge in [-0.1, -0.05) is 41.4 Å². The number of amides is 2. The van der Waals surface area contributed by atoms with E-state index in [9.17, 15) is 9.59 Å². The van der Waals surface area contributed by atoms with E-state index < -0.39 is 5.91 Å². The summed E-state index contributed by atoms with van der Waals surface area (Å²) in [5.74, 6) is -0.256. The Hall–Kier alpha value is -3.59. The molecule has 0 saturated heterocycles. The summed E-state index contributed by atoms with van der Waals surface area (Å²) >= 11 is 17.1. The molecule has 0 bridgehead atoms. The fourth-order valence-corrected chi connectivity index (χ4v) is 3.91. The van der Waals surface area contributed by atoms with E-state index in [-0.39, 0.29) is 23.4 Å². The number of para-hydroxylation sites is 1. The fraction of sp³-hybridized carbons (Fsp3) is 0.0800. The maximum Gasteiger partial charge on any atom is 0.291 e. The van der Waals surface area contributed by atoms with Crippen LogP contribution in [-0.4, -0.2) is 23.5 Å². The first-order valence-electron chi connectivity index (χ1n) is 10.4. The number of halogens is 2. The number of ether oxygens (including phenoxy) is 1. The zero-order valence-corrected chi connectivity index (χ0v) is 20.7. The van der Waals surface area contributed by atoms with E-state index in [4.69, 9.17) is 44.6 Å².